The van der Waals surface area contributed by atoms with Gasteiger partial charge in [-0.3, -0.25) is 9.59 Å². The predicted molar refractivity (Wildman–Crippen MR) is 78.8 cm³/mol. The van der Waals surface area contributed by atoms with Crippen LogP contribution in [0.1, 0.15) is 29.8 Å². The lowest BCUT2D eigenvalue weighted by Crippen LogP contribution is -2.46. The molecular formula is C13H16BrClN2O3. The van der Waals surface area contributed by atoms with Crippen LogP contribution in [0.5, 0.6) is 0 Å². The monoisotopic (exact) mass is 362 g/mol. The van der Waals surface area contributed by atoms with Crippen molar-refractivity contribution >= 4 is 39.3 Å². The van der Waals surface area contributed by atoms with Crippen LogP contribution in [0.3, 0.4) is 0 Å². The van der Waals surface area contributed by atoms with Gasteiger partial charge >= 0.3 is 0 Å². The zero-order valence-electron chi connectivity index (χ0n) is 10.9. The van der Waals surface area contributed by atoms with E-state index in [-0.39, 0.29) is 23.6 Å². The second-order valence-corrected chi connectivity index (χ2v) is 5.83. The van der Waals surface area contributed by atoms with Crippen LogP contribution in [-0.2, 0) is 4.79 Å². The molecular weight excluding hydrogens is 348 g/mol. The molecule has 7 heteroatoms. The van der Waals surface area contributed by atoms with Crippen LogP contribution < -0.4 is 5.32 Å². The number of carbonyl (C=O) groups excluding carboxylic acids is 2. The maximum Gasteiger partial charge on any atom is 0.287 e. The minimum Gasteiger partial charge on any atom is -0.444 e. The molecule has 1 saturated heterocycles. The van der Waals surface area contributed by atoms with Gasteiger partial charge in [0, 0.05) is 31.4 Å². The van der Waals surface area contributed by atoms with E-state index >= 15 is 0 Å². The highest BCUT2D eigenvalue weighted by atomic mass is 79.9. The van der Waals surface area contributed by atoms with Gasteiger partial charge in [-0.1, -0.05) is 0 Å². The SMILES string of the molecule is O=C(NC1CCN(C(=O)CCCl)CC1)c1ccc(Br)o1. The Morgan fingerprint density at radius 1 is 1.40 bits per heavy atom. The molecule has 0 spiro atoms. The number of amides is 2. The summed E-state index contributed by atoms with van der Waals surface area (Å²) in [4.78, 5) is 25.4. The molecule has 0 aliphatic carbocycles. The fourth-order valence-electron chi connectivity index (χ4n) is 2.21. The van der Waals surface area contributed by atoms with Crippen molar-refractivity contribution in [1.29, 1.82) is 0 Å². The molecule has 0 radical (unpaired) electrons. The number of alkyl halides is 1. The molecule has 0 aromatic carbocycles. The maximum absolute atomic E-state index is 11.9. The molecule has 1 aromatic rings. The molecule has 1 aliphatic rings. The number of carbonyl (C=O) groups is 2. The molecule has 5 nitrogen and oxygen atoms in total. The highest BCUT2D eigenvalue weighted by Gasteiger charge is 2.24. The number of nitrogens with one attached hydrogen (secondary N) is 1. The Bertz CT molecular complexity index is 484. The lowest BCUT2D eigenvalue weighted by Gasteiger charge is -2.32. The first-order valence-corrected chi connectivity index (χ1v) is 7.83. The molecule has 20 heavy (non-hydrogen) atoms. The number of rotatable bonds is 4. The van der Waals surface area contributed by atoms with Crippen LogP contribution in [0, 0.1) is 0 Å². The van der Waals surface area contributed by atoms with E-state index in [9.17, 15) is 9.59 Å². The zero-order valence-corrected chi connectivity index (χ0v) is 13.2. The first-order valence-electron chi connectivity index (χ1n) is 6.50. The van der Waals surface area contributed by atoms with E-state index < -0.39 is 0 Å². The predicted octanol–water partition coefficient (Wildman–Crippen LogP) is 2.39. The van der Waals surface area contributed by atoms with Gasteiger partial charge in [0.2, 0.25) is 5.91 Å². The number of piperidine rings is 1. The van der Waals surface area contributed by atoms with Crippen molar-refractivity contribution in [2.75, 3.05) is 19.0 Å². The van der Waals surface area contributed by atoms with Crippen molar-refractivity contribution in [3.05, 3.63) is 22.6 Å². The summed E-state index contributed by atoms with van der Waals surface area (Å²) in [6.07, 6.45) is 1.88. The highest BCUT2D eigenvalue weighted by molar-refractivity contribution is 9.10. The summed E-state index contributed by atoms with van der Waals surface area (Å²) >= 11 is 8.73. The Kier molecular flexibility index (Phi) is 5.48. The third-order valence-electron chi connectivity index (χ3n) is 3.29. The van der Waals surface area contributed by atoms with Crippen LogP contribution in [0.25, 0.3) is 0 Å². The molecule has 0 atom stereocenters. The standard InChI is InChI=1S/C13H16BrClN2O3/c14-11-2-1-10(20-11)13(19)16-9-4-7-17(8-5-9)12(18)3-6-15/h1-2,9H,3-8H2,(H,16,19). The van der Waals surface area contributed by atoms with Crippen molar-refractivity contribution in [1.82, 2.24) is 10.2 Å². The Hall–Kier alpha value is -1.01. The molecule has 1 fully saturated rings. The number of hydrogen-bond acceptors (Lipinski definition) is 3. The van der Waals surface area contributed by atoms with E-state index in [1.54, 1.807) is 17.0 Å². The second-order valence-electron chi connectivity index (χ2n) is 4.67. The topological polar surface area (TPSA) is 62.6 Å². The molecule has 0 unspecified atom stereocenters. The molecule has 1 aliphatic heterocycles. The van der Waals surface area contributed by atoms with E-state index in [0.29, 0.717) is 30.1 Å². The Morgan fingerprint density at radius 3 is 2.65 bits per heavy atom. The Labute approximate surface area is 130 Å². The summed E-state index contributed by atoms with van der Waals surface area (Å²) in [5.41, 5.74) is 0. The number of likely N-dealkylation sites (tertiary alicyclic amines) is 1. The van der Waals surface area contributed by atoms with Gasteiger partial charge in [0.15, 0.2) is 10.4 Å². The summed E-state index contributed by atoms with van der Waals surface area (Å²) in [5, 5.41) is 2.92. The summed E-state index contributed by atoms with van der Waals surface area (Å²) in [6.45, 7) is 1.31. The number of furan rings is 1. The van der Waals surface area contributed by atoms with Crippen LogP contribution in [-0.4, -0.2) is 41.7 Å². The lowest BCUT2D eigenvalue weighted by molar-refractivity contribution is -0.131. The van der Waals surface area contributed by atoms with Crippen molar-refractivity contribution < 1.29 is 14.0 Å². The van der Waals surface area contributed by atoms with E-state index in [4.69, 9.17) is 16.0 Å². The normalized spacial score (nSPS) is 16.2. The summed E-state index contributed by atoms with van der Waals surface area (Å²) in [7, 11) is 0. The molecule has 110 valence electrons. The van der Waals surface area contributed by atoms with E-state index in [2.05, 4.69) is 21.2 Å². The van der Waals surface area contributed by atoms with Crippen molar-refractivity contribution in [3.63, 3.8) is 0 Å². The Balaban J connectivity index is 1.80. The van der Waals surface area contributed by atoms with Crippen LogP contribution in [0.2, 0.25) is 0 Å². The minimum atomic E-state index is -0.221. The fourth-order valence-corrected chi connectivity index (χ4v) is 2.67. The van der Waals surface area contributed by atoms with Gasteiger partial charge in [0.1, 0.15) is 0 Å². The van der Waals surface area contributed by atoms with Crippen molar-refractivity contribution in [2.45, 2.75) is 25.3 Å². The molecule has 1 aromatic heterocycles. The summed E-state index contributed by atoms with van der Waals surface area (Å²) < 4.78 is 5.74. The van der Waals surface area contributed by atoms with Crippen molar-refractivity contribution in [2.24, 2.45) is 0 Å². The van der Waals surface area contributed by atoms with Gasteiger partial charge in [-0.15, -0.1) is 11.6 Å². The summed E-state index contributed by atoms with van der Waals surface area (Å²) in [5.74, 6) is 0.501. The smallest absolute Gasteiger partial charge is 0.287 e. The fraction of sp³-hybridized carbons (Fsp3) is 0.538. The number of halogens is 2. The number of hydrogen-bond donors (Lipinski definition) is 1. The molecule has 2 heterocycles. The third-order valence-corrected chi connectivity index (χ3v) is 3.90. The molecule has 0 bridgehead atoms. The average Bonchev–Trinajstić information content (AvgIpc) is 2.86. The van der Waals surface area contributed by atoms with E-state index in [1.165, 1.54) is 0 Å². The molecule has 1 N–H and O–H groups in total. The quantitative estimate of drug-likeness (QED) is 0.836. The second kappa shape index (κ2) is 7.13. The largest absolute Gasteiger partial charge is 0.444 e. The maximum atomic E-state index is 11.9. The number of nitrogens with zero attached hydrogens (tertiary/aromatic N) is 1. The van der Waals surface area contributed by atoms with Crippen LogP contribution >= 0.6 is 27.5 Å². The third kappa shape index (κ3) is 3.99. The first kappa shape index (κ1) is 15.4. The molecule has 2 amide bonds. The highest BCUT2D eigenvalue weighted by Crippen LogP contribution is 2.16. The zero-order chi connectivity index (χ0) is 14.5. The van der Waals surface area contributed by atoms with Gasteiger partial charge in [-0.2, -0.15) is 0 Å². The van der Waals surface area contributed by atoms with Gasteiger partial charge in [0.05, 0.1) is 0 Å². The average molecular weight is 364 g/mol. The van der Waals surface area contributed by atoms with Crippen LogP contribution in [0.15, 0.2) is 21.2 Å². The Morgan fingerprint density at radius 2 is 2.10 bits per heavy atom. The van der Waals surface area contributed by atoms with E-state index in [1.807, 2.05) is 0 Å². The van der Waals surface area contributed by atoms with Gasteiger partial charge < -0.3 is 14.6 Å². The van der Waals surface area contributed by atoms with Gasteiger partial charge in [0.25, 0.3) is 5.91 Å². The lowest BCUT2D eigenvalue weighted by atomic mass is 10.0. The van der Waals surface area contributed by atoms with Crippen molar-refractivity contribution in [3.8, 4) is 0 Å². The first-order chi connectivity index (χ1) is 9.60. The molecule has 2 rings (SSSR count). The van der Waals surface area contributed by atoms with Gasteiger partial charge in [-0.25, -0.2) is 0 Å². The van der Waals surface area contributed by atoms with Gasteiger partial charge in [-0.05, 0) is 40.9 Å². The van der Waals surface area contributed by atoms with E-state index in [0.717, 1.165) is 12.8 Å². The minimum absolute atomic E-state index is 0.0754. The molecule has 0 saturated carbocycles. The summed E-state index contributed by atoms with van der Waals surface area (Å²) in [6, 6.07) is 3.38. The van der Waals surface area contributed by atoms with Crippen LogP contribution in [0.4, 0.5) is 0 Å².